The minimum absolute atomic E-state index is 0.0258. The van der Waals surface area contributed by atoms with E-state index in [0.717, 1.165) is 12.8 Å². The molecule has 16 heavy (non-hydrogen) atoms. The van der Waals surface area contributed by atoms with E-state index in [2.05, 4.69) is 11.9 Å². The Kier molecular flexibility index (Phi) is 3.16. The van der Waals surface area contributed by atoms with E-state index < -0.39 is 0 Å². The third kappa shape index (κ3) is 1.82. The first-order chi connectivity index (χ1) is 7.58. The second kappa shape index (κ2) is 4.29. The van der Waals surface area contributed by atoms with Crippen molar-refractivity contribution in [2.75, 3.05) is 6.61 Å². The molecular weight excluding hydrogens is 262 g/mol. The summed E-state index contributed by atoms with van der Waals surface area (Å²) in [7, 11) is 1.98. The van der Waals surface area contributed by atoms with Gasteiger partial charge in [-0.25, -0.2) is 0 Å². The fourth-order valence-electron chi connectivity index (χ4n) is 2.13. The third-order valence-corrected chi connectivity index (χ3v) is 5.82. The summed E-state index contributed by atoms with van der Waals surface area (Å²) in [4.78, 5) is 15.8. The molecule has 1 aliphatic rings. The summed E-state index contributed by atoms with van der Waals surface area (Å²) in [5.41, 5.74) is 1.17. The first kappa shape index (κ1) is 11.8. The van der Waals surface area contributed by atoms with Gasteiger partial charge >= 0.3 is 105 Å². The van der Waals surface area contributed by atoms with E-state index in [1.165, 1.54) is 24.3 Å². The Morgan fingerprint density at radius 3 is 3.06 bits per heavy atom. The zero-order valence-electron chi connectivity index (χ0n) is 9.64. The summed E-state index contributed by atoms with van der Waals surface area (Å²) in [5, 5.41) is 0. The summed E-state index contributed by atoms with van der Waals surface area (Å²) in [6.45, 7) is 2.61. The van der Waals surface area contributed by atoms with Gasteiger partial charge in [-0.05, 0) is 0 Å². The summed E-state index contributed by atoms with van der Waals surface area (Å²) in [5.74, 6) is 0.266. The van der Waals surface area contributed by atoms with Gasteiger partial charge in [0.15, 0.2) is 0 Å². The van der Waals surface area contributed by atoms with Crippen molar-refractivity contribution in [3.63, 3.8) is 0 Å². The molecule has 0 aliphatic carbocycles. The maximum atomic E-state index is 11.7. The SMILES string of the molecule is CC[C@@]1([Ga])C(=O)OC[C@H]1Cc1cncn1C. The predicted octanol–water partition coefficient (Wildman–Crippen LogP) is 0.873. The van der Waals surface area contributed by atoms with Crippen LogP contribution >= 0.6 is 0 Å². The van der Waals surface area contributed by atoms with E-state index >= 15 is 0 Å². The molecular formula is C11H15GaN2O2. The van der Waals surface area contributed by atoms with Crippen LogP contribution in [0.3, 0.4) is 0 Å². The van der Waals surface area contributed by atoms with Crippen LogP contribution in [0.25, 0.3) is 0 Å². The van der Waals surface area contributed by atoms with E-state index in [9.17, 15) is 4.79 Å². The molecule has 1 saturated heterocycles. The first-order valence-corrected chi connectivity index (χ1v) is 6.70. The summed E-state index contributed by atoms with van der Waals surface area (Å²) in [6, 6.07) is 0. The van der Waals surface area contributed by atoms with Crippen LogP contribution in [0.1, 0.15) is 19.0 Å². The number of aryl methyl sites for hydroxylation is 1. The number of aromatic nitrogens is 2. The molecule has 5 heteroatoms. The summed E-state index contributed by atoms with van der Waals surface area (Å²) < 4.78 is 6.95. The molecule has 2 atom stereocenters. The Morgan fingerprint density at radius 2 is 2.50 bits per heavy atom. The fourth-order valence-corrected chi connectivity index (χ4v) is 2.76. The average molecular weight is 277 g/mol. The normalized spacial score (nSPS) is 29.4. The van der Waals surface area contributed by atoms with E-state index in [-0.39, 0.29) is 9.94 Å². The molecule has 1 fully saturated rings. The summed E-state index contributed by atoms with van der Waals surface area (Å²) in [6.07, 6.45) is 5.38. The molecule has 2 radical (unpaired) electrons. The van der Waals surface area contributed by atoms with Gasteiger partial charge in [-0.2, -0.15) is 0 Å². The van der Waals surface area contributed by atoms with Crippen LogP contribution in [-0.4, -0.2) is 40.7 Å². The van der Waals surface area contributed by atoms with Gasteiger partial charge in [0.05, 0.1) is 0 Å². The van der Waals surface area contributed by atoms with Crippen molar-refractivity contribution in [2.24, 2.45) is 13.0 Å². The van der Waals surface area contributed by atoms with Crippen molar-refractivity contribution in [3.8, 4) is 0 Å². The molecule has 0 amide bonds. The van der Waals surface area contributed by atoms with Gasteiger partial charge < -0.3 is 0 Å². The van der Waals surface area contributed by atoms with Gasteiger partial charge in [-0.15, -0.1) is 0 Å². The fraction of sp³-hybridized carbons (Fsp3) is 0.636. The van der Waals surface area contributed by atoms with Gasteiger partial charge in [0.1, 0.15) is 0 Å². The van der Waals surface area contributed by atoms with Crippen LogP contribution in [0.2, 0.25) is 3.97 Å². The van der Waals surface area contributed by atoms with E-state index in [1.54, 1.807) is 6.33 Å². The number of carbonyl (C=O) groups is 1. The zero-order chi connectivity index (χ0) is 11.8. The summed E-state index contributed by atoms with van der Waals surface area (Å²) >= 11 is 1.49. The molecule has 0 bridgehead atoms. The van der Waals surface area contributed by atoms with Crippen LogP contribution in [0.4, 0.5) is 0 Å². The first-order valence-electron chi connectivity index (χ1n) is 5.49. The monoisotopic (exact) mass is 276 g/mol. The minimum atomic E-state index is -0.267. The molecule has 1 aliphatic heterocycles. The molecule has 0 aromatic carbocycles. The Morgan fingerprint density at radius 1 is 1.75 bits per heavy atom. The Hall–Kier alpha value is -0.684. The number of hydrogen-bond acceptors (Lipinski definition) is 3. The van der Waals surface area contributed by atoms with Crippen LogP contribution in [-0.2, 0) is 23.0 Å². The topological polar surface area (TPSA) is 44.1 Å². The van der Waals surface area contributed by atoms with E-state index in [1.807, 2.05) is 17.8 Å². The van der Waals surface area contributed by atoms with Gasteiger partial charge in [0.2, 0.25) is 0 Å². The van der Waals surface area contributed by atoms with Gasteiger partial charge in [0.25, 0.3) is 0 Å². The number of esters is 1. The van der Waals surface area contributed by atoms with Crippen molar-refractivity contribution in [2.45, 2.75) is 23.7 Å². The molecule has 0 unspecified atom stereocenters. The van der Waals surface area contributed by atoms with Crippen molar-refractivity contribution in [1.29, 1.82) is 0 Å². The molecule has 0 saturated carbocycles. The van der Waals surface area contributed by atoms with Crippen molar-refractivity contribution in [1.82, 2.24) is 9.55 Å². The van der Waals surface area contributed by atoms with Gasteiger partial charge in [-0.1, -0.05) is 0 Å². The Balaban J connectivity index is 2.17. The van der Waals surface area contributed by atoms with Crippen LogP contribution < -0.4 is 0 Å². The molecule has 2 rings (SSSR count). The van der Waals surface area contributed by atoms with E-state index in [0.29, 0.717) is 12.5 Å². The Bertz CT molecular complexity index is 404. The van der Waals surface area contributed by atoms with Gasteiger partial charge in [0, 0.05) is 0 Å². The van der Waals surface area contributed by atoms with Crippen LogP contribution in [0.5, 0.6) is 0 Å². The van der Waals surface area contributed by atoms with Crippen molar-refractivity contribution in [3.05, 3.63) is 18.2 Å². The molecule has 0 N–H and O–H groups in total. The Labute approximate surface area is 105 Å². The number of ether oxygens (including phenoxy) is 1. The number of rotatable bonds is 3. The van der Waals surface area contributed by atoms with Gasteiger partial charge in [-0.3, -0.25) is 0 Å². The second-order valence-electron chi connectivity index (χ2n) is 4.39. The van der Waals surface area contributed by atoms with Crippen LogP contribution in [0.15, 0.2) is 12.5 Å². The average Bonchev–Trinajstić information content (AvgIpc) is 2.79. The molecule has 1 aromatic rings. The van der Waals surface area contributed by atoms with Crippen molar-refractivity contribution < 1.29 is 9.53 Å². The molecule has 4 nitrogen and oxygen atoms in total. The molecule has 0 spiro atoms. The van der Waals surface area contributed by atoms with E-state index in [4.69, 9.17) is 4.74 Å². The third-order valence-electron chi connectivity index (χ3n) is 3.48. The second-order valence-corrected chi connectivity index (χ2v) is 6.55. The van der Waals surface area contributed by atoms with Crippen LogP contribution in [0, 0.1) is 5.92 Å². The number of carbonyl (C=O) groups excluding carboxylic acids is 1. The molecule has 1 aromatic heterocycles. The molecule has 84 valence electrons. The molecule has 2 heterocycles. The zero-order valence-corrected chi connectivity index (χ0v) is 12.1. The number of cyclic esters (lactones) is 1. The number of imidazole rings is 1. The van der Waals surface area contributed by atoms with Crippen molar-refractivity contribution >= 4 is 24.6 Å². The standard InChI is InChI=1S/C11H15N2O2.Ga/c1-3-10-8(6-15-11(10)14)4-9-5-12-7-13(9)2;/h5,7-8H,3-4,6H2,1-2H3;/t8-;/m1./s1. The predicted molar refractivity (Wildman–Crippen MR) is 60.1 cm³/mol. The number of hydrogen-bond donors (Lipinski definition) is 0. The maximum absolute atomic E-state index is 11.7. The number of nitrogens with zero attached hydrogens (tertiary/aromatic N) is 2. The quantitative estimate of drug-likeness (QED) is 0.608.